The third kappa shape index (κ3) is 6.05. The summed E-state index contributed by atoms with van der Waals surface area (Å²) >= 11 is 0. The zero-order valence-corrected chi connectivity index (χ0v) is 15.4. The number of para-hydroxylation sites is 2. The first kappa shape index (κ1) is 20.3. The predicted octanol–water partition coefficient (Wildman–Crippen LogP) is 2.78. The maximum absolute atomic E-state index is 12.3. The number of benzene rings is 1. The van der Waals surface area contributed by atoms with Gasteiger partial charge in [-0.3, -0.25) is 9.69 Å². The molecule has 7 nitrogen and oxygen atoms in total. The summed E-state index contributed by atoms with van der Waals surface area (Å²) in [4.78, 5) is 25.3. The summed E-state index contributed by atoms with van der Waals surface area (Å²) < 4.78 is 29.7. The predicted molar refractivity (Wildman–Crippen MR) is 98.8 cm³/mol. The van der Waals surface area contributed by atoms with Crippen molar-refractivity contribution in [3.8, 4) is 5.75 Å². The van der Waals surface area contributed by atoms with Gasteiger partial charge in [0.1, 0.15) is 12.4 Å². The molecule has 0 saturated heterocycles. The molecular weight excluding hydrogens is 372 g/mol. The highest BCUT2D eigenvalue weighted by atomic mass is 19.3. The fourth-order valence-electron chi connectivity index (χ4n) is 3.34. The molecule has 0 radical (unpaired) electrons. The number of urea groups is 1. The average molecular weight is 397 g/mol. The standard InChI is InChI=1S/C19H25F2N3O4/c20-17(21)11-28-16-4-2-1-3-15(16)23-19(27)22-13-7-14(8-13)24(10-18(25)26)9-12-5-6-12/h1-4,12-14,17H,5-11H2,(H,25,26)(H2,22,23,27). The van der Waals surface area contributed by atoms with Crippen molar-refractivity contribution in [1.82, 2.24) is 10.2 Å². The Morgan fingerprint density at radius 3 is 2.61 bits per heavy atom. The van der Waals surface area contributed by atoms with Gasteiger partial charge in [0.05, 0.1) is 12.2 Å². The van der Waals surface area contributed by atoms with Crippen molar-refractivity contribution < 1.29 is 28.2 Å². The number of alkyl halides is 2. The van der Waals surface area contributed by atoms with Gasteiger partial charge in [-0.15, -0.1) is 0 Å². The van der Waals surface area contributed by atoms with Crippen molar-refractivity contribution >= 4 is 17.7 Å². The molecule has 28 heavy (non-hydrogen) atoms. The zero-order chi connectivity index (χ0) is 20.1. The number of aliphatic carboxylic acids is 1. The van der Waals surface area contributed by atoms with E-state index < -0.39 is 25.0 Å². The Bertz CT molecular complexity index is 694. The number of halogens is 2. The number of hydrogen-bond donors (Lipinski definition) is 3. The SMILES string of the molecule is O=C(O)CN(CC1CC1)C1CC(NC(=O)Nc2ccccc2OCC(F)F)C1. The minimum atomic E-state index is -2.60. The lowest BCUT2D eigenvalue weighted by atomic mass is 9.85. The van der Waals surface area contributed by atoms with Crippen molar-refractivity contribution in [3.05, 3.63) is 24.3 Å². The molecule has 2 aliphatic rings. The monoisotopic (exact) mass is 397 g/mol. The van der Waals surface area contributed by atoms with Gasteiger partial charge < -0.3 is 20.5 Å². The number of ether oxygens (including phenoxy) is 1. The minimum Gasteiger partial charge on any atom is -0.485 e. The summed E-state index contributed by atoms with van der Waals surface area (Å²) in [6.45, 7) is 0.0741. The second kappa shape index (κ2) is 9.18. The fourth-order valence-corrected chi connectivity index (χ4v) is 3.34. The molecule has 0 heterocycles. The number of amides is 2. The van der Waals surface area contributed by atoms with Crippen LogP contribution in [-0.2, 0) is 4.79 Å². The van der Waals surface area contributed by atoms with Crippen LogP contribution in [0, 0.1) is 5.92 Å². The molecule has 2 fully saturated rings. The van der Waals surface area contributed by atoms with E-state index in [1.165, 1.54) is 6.07 Å². The molecule has 3 rings (SSSR count). The van der Waals surface area contributed by atoms with Gasteiger partial charge in [0, 0.05) is 18.6 Å². The van der Waals surface area contributed by atoms with Crippen LogP contribution in [0.1, 0.15) is 25.7 Å². The summed E-state index contributed by atoms with van der Waals surface area (Å²) in [5, 5.41) is 14.5. The van der Waals surface area contributed by atoms with Crippen LogP contribution in [0.2, 0.25) is 0 Å². The maximum atomic E-state index is 12.3. The van der Waals surface area contributed by atoms with Gasteiger partial charge in [-0.2, -0.15) is 0 Å². The molecule has 3 N–H and O–H groups in total. The maximum Gasteiger partial charge on any atom is 0.319 e. The topological polar surface area (TPSA) is 90.9 Å². The van der Waals surface area contributed by atoms with Crippen LogP contribution in [0.5, 0.6) is 5.75 Å². The molecule has 154 valence electrons. The highest BCUT2D eigenvalue weighted by Gasteiger charge is 2.37. The van der Waals surface area contributed by atoms with Gasteiger partial charge in [0.2, 0.25) is 0 Å². The Morgan fingerprint density at radius 2 is 1.96 bits per heavy atom. The summed E-state index contributed by atoms with van der Waals surface area (Å²) in [6.07, 6.45) is 1.09. The van der Waals surface area contributed by atoms with Gasteiger partial charge >= 0.3 is 12.0 Å². The lowest BCUT2D eigenvalue weighted by Crippen LogP contribution is -2.55. The Balaban J connectivity index is 1.45. The number of carboxylic acid groups (broad SMARTS) is 1. The van der Waals surface area contributed by atoms with Gasteiger partial charge in [-0.1, -0.05) is 12.1 Å². The van der Waals surface area contributed by atoms with E-state index in [0.29, 0.717) is 24.4 Å². The molecule has 2 aliphatic carbocycles. The quantitative estimate of drug-likeness (QED) is 0.565. The van der Waals surface area contributed by atoms with E-state index in [9.17, 15) is 18.4 Å². The Morgan fingerprint density at radius 1 is 1.25 bits per heavy atom. The third-order valence-corrected chi connectivity index (χ3v) is 4.99. The van der Waals surface area contributed by atoms with E-state index >= 15 is 0 Å². The van der Waals surface area contributed by atoms with E-state index in [1.54, 1.807) is 18.2 Å². The van der Waals surface area contributed by atoms with Crippen LogP contribution in [0.4, 0.5) is 19.3 Å². The first-order valence-corrected chi connectivity index (χ1v) is 9.44. The van der Waals surface area contributed by atoms with E-state index in [4.69, 9.17) is 9.84 Å². The Hall–Kier alpha value is -2.42. The lowest BCUT2D eigenvalue weighted by Gasteiger charge is -2.42. The molecule has 2 amide bonds. The van der Waals surface area contributed by atoms with Crippen molar-refractivity contribution in [3.63, 3.8) is 0 Å². The number of rotatable bonds is 10. The highest BCUT2D eigenvalue weighted by molar-refractivity contribution is 5.91. The van der Waals surface area contributed by atoms with Crippen LogP contribution >= 0.6 is 0 Å². The smallest absolute Gasteiger partial charge is 0.319 e. The summed E-state index contributed by atoms with van der Waals surface area (Å²) in [5.74, 6) is -0.0592. The average Bonchev–Trinajstić information content (AvgIpc) is 3.40. The van der Waals surface area contributed by atoms with Crippen molar-refractivity contribution in [1.29, 1.82) is 0 Å². The molecule has 0 unspecified atom stereocenters. The molecule has 0 aromatic heterocycles. The third-order valence-electron chi connectivity index (χ3n) is 4.99. The number of nitrogens with one attached hydrogen (secondary N) is 2. The number of carboxylic acids is 1. The second-order valence-electron chi connectivity index (χ2n) is 7.39. The Labute approximate surface area is 162 Å². The first-order chi connectivity index (χ1) is 13.4. The number of carbonyl (C=O) groups is 2. The van der Waals surface area contributed by atoms with Crippen LogP contribution in [-0.4, -0.2) is 60.2 Å². The number of anilines is 1. The molecule has 9 heteroatoms. The second-order valence-corrected chi connectivity index (χ2v) is 7.39. The largest absolute Gasteiger partial charge is 0.485 e. The van der Waals surface area contributed by atoms with Gasteiger partial charge in [0.15, 0.2) is 0 Å². The van der Waals surface area contributed by atoms with E-state index in [0.717, 1.165) is 19.4 Å². The molecule has 0 spiro atoms. The zero-order valence-electron chi connectivity index (χ0n) is 15.4. The van der Waals surface area contributed by atoms with E-state index in [-0.39, 0.29) is 24.4 Å². The summed E-state index contributed by atoms with van der Waals surface area (Å²) in [6, 6.07) is 6.07. The summed E-state index contributed by atoms with van der Waals surface area (Å²) in [5.41, 5.74) is 0.317. The Kier molecular flexibility index (Phi) is 6.66. The first-order valence-electron chi connectivity index (χ1n) is 9.44. The van der Waals surface area contributed by atoms with Gasteiger partial charge in [-0.25, -0.2) is 13.6 Å². The summed E-state index contributed by atoms with van der Waals surface area (Å²) in [7, 11) is 0. The van der Waals surface area contributed by atoms with Gasteiger partial charge in [0.25, 0.3) is 6.43 Å². The van der Waals surface area contributed by atoms with Gasteiger partial charge in [-0.05, 0) is 43.7 Å². The number of carbonyl (C=O) groups excluding carboxylic acids is 1. The normalized spacial score (nSPS) is 21.3. The number of hydrogen-bond acceptors (Lipinski definition) is 4. The van der Waals surface area contributed by atoms with Crippen molar-refractivity contribution in [2.24, 2.45) is 5.92 Å². The molecule has 0 atom stereocenters. The molecular formula is C19H25F2N3O4. The van der Waals surface area contributed by atoms with Crippen LogP contribution in [0.3, 0.4) is 0 Å². The van der Waals surface area contributed by atoms with Crippen molar-refractivity contribution in [2.45, 2.75) is 44.2 Å². The molecule has 0 bridgehead atoms. The van der Waals surface area contributed by atoms with Crippen LogP contribution in [0.25, 0.3) is 0 Å². The van der Waals surface area contributed by atoms with Crippen LogP contribution in [0.15, 0.2) is 24.3 Å². The molecule has 2 saturated carbocycles. The number of nitrogens with zero attached hydrogens (tertiary/aromatic N) is 1. The van der Waals surface area contributed by atoms with Crippen LogP contribution < -0.4 is 15.4 Å². The minimum absolute atomic E-state index is 0.0228. The highest BCUT2D eigenvalue weighted by Crippen LogP contribution is 2.34. The molecule has 0 aliphatic heterocycles. The molecule has 1 aromatic rings. The molecule has 1 aromatic carbocycles. The fraction of sp³-hybridized carbons (Fsp3) is 0.579. The van der Waals surface area contributed by atoms with Crippen molar-refractivity contribution in [2.75, 3.05) is 25.0 Å². The lowest BCUT2D eigenvalue weighted by molar-refractivity contribution is -0.139. The van der Waals surface area contributed by atoms with E-state index in [1.807, 2.05) is 4.90 Å². The van der Waals surface area contributed by atoms with E-state index in [2.05, 4.69) is 10.6 Å².